The summed E-state index contributed by atoms with van der Waals surface area (Å²) in [5, 5.41) is 13.2. The fourth-order valence-corrected chi connectivity index (χ4v) is 3.57. The Kier molecular flexibility index (Phi) is 5.28. The van der Waals surface area contributed by atoms with Gasteiger partial charge in [-0.15, -0.1) is 0 Å². The van der Waals surface area contributed by atoms with E-state index in [2.05, 4.69) is 40.5 Å². The van der Waals surface area contributed by atoms with Crippen LogP contribution in [0.5, 0.6) is 0 Å². The molecule has 2 fully saturated rings. The van der Waals surface area contributed by atoms with E-state index < -0.39 is 0 Å². The summed E-state index contributed by atoms with van der Waals surface area (Å²) in [6.07, 6.45) is 7.40. The minimum Gasteiger partial charge on any atom is -0.396 e. The largest absolute Gasteiger partial charge is 0.396 e. The van der Waals surface area contributed by atoms with Crippen LogP contribution in [0.25, 0.3) is 0 Å². The van der Waals surface area contributed by atoms with Crippen molar-refractivity contribution in [3.8, 4) is 0 Å². The molecule has 3 nitrogen and oxygen atoms in total. The predicted octanol–water partition coefficient (Wildman–Crippen LogP) is 2.54. The number of piperidine rings is 1. The Morgan fingerprint density at radius 1 is 1.14 bits per heavy atom. The van der Waals surface area contributed by atoms with Crippen molar-refractivity contribution in [2.45, 2.75) is 63.2 Å². The lowest BCUT2D eigenvalue weighted by atomic mass is 9.93. The number of aliphatic hydroxyl groups excluding tert-OH is 1. The van der Waals surface area contributed by atoms with Crippen LogP contribution in [0.15, 0.2) is 30.3 Å². The van der Waals surface area contributed by atoms with Gasteiger partial charge in [-0.1, -0.05) is 36.8 Å². The van der Waals surface area contributed by atoms with Gasteiger partial charge in [-0.3, -0.25) is 4.90 Å². The van der Waals surface area contributed by atoms with Crippen LogP contribution in [0.3, 0.4) is 0 Å². The number of nitrogens with one attached hydrogen (secondary N) is 1. The number of hydrogen-bond donors (Lipinski definition) is 2. The Balaban J connectivity index is 1.66. The molecule has 0 spiro atoms. The van der Waals surface area contributed by atoms with Crippen LogP contribution in [0, 0.1) is 0 Å². The first-order valence-corrected chi connectivity index (χ1v) is 8.51. The van der Waals surface area contributed by atoms with Gasteiger partial charge in [0.15, 0.2) is 0 Å². The first-order valence-electron chi connectivity index (χ1n) is 8.51. The maximum atomic E-state index is 9.42. The molecular weight excluding hydrogens is 260 g/mol. The van der Waals surface area contributed by atoms with Crippen LogP contribution >= 0.6 is 0 Å². The summed E-state index contributed by atoms with van der Waals surface area (Å²) in [4.78, 5) is 2.63. The van der Waals surface area contributed by atoms with Crippen molar-refractivity contribution < 1.29 is 5.11 Å². The monoisotopic (exact) mass is 288 g/mol. The van der Waals surface area contributed by atoms with Gasteiger partial charge in [0.05, 0.1) is 0 Å². The summed E-state index contributed by atoms with van der Waals surface area (Å²) < 4.78 is 0. The molecule has 1 saturated carbocycles. The second-order valence-electron chi connectivity index (χ2n) is 6.58. The van der Waals surface area contributed by atoms with Crippen molar-refractivity contribution in [3.63, 3.8) is 0 Å². The molecule has 3 heteroatoms. The summed E-state index contributed by atoms with van der Waals surface area (Å²) in [6, 6.07) is 12.5. The summed E-state index contributed by atoms with van der Waals surface area (Å²) in [5.41, 5.74) is 1.40. The molecule has 3 rings (SSSR count). The van der Waals surface area contributed by atoms with Crippen molar-refractivity contribution >= 4 is 0 Å². The third-order valence-corrected chi connectivity index (χ3v) is 4.82. The van der Waals surface area contributed by atoms with Gasteiger partial charge >= 0.3 is 0 Å². The molecule has 0 amide bonds. The maximum absolute atomic E-state index is 9.42. The maximum Gasteiger partial charge on any atom is 0.0446 e. The normalized spacial score (nSPS) is 24.9. The van der Waals surface area contributed by atoms with Gasteiger partial charge in [-0.2, -0.15) is 0 Å². The van der Waals surface area contributed by atoms with Gasteiger partial charge in [0.25, 0.3) is 0 Å². The molecule has 1 aliphatic heterocycles. The van der Waals surface area contributed by atoms with Crippen LogP contribution in [0.4, 0.5) is 0 Å². The quantitative estimate of drug-likeness (QED) is 0.809. The SMILES string of the molecule is OCCC(NC1CC1)C1CCCCN1Cc1ccccc1. The molecule has 1 aromatic carbocycles. The van der Waals surface area contributed by atoms with Gasteiger partial charge in [-0.25, -0.2) is 0 Å². The Bertz CT molecular complexity index is 418. The molecule has 21 heavy (non-hydrogen) atoms. The minimum absolute atomic E-state index is 0.292. The van der Waals surface area contributed by atoms with Crippen LogP contribution in [-0.2, 0) is 6.54 Å². The molecule has 1 aliphatic carbocycles. The predicted molar refractivity (Wildman–Crippen MR) is 86.1 cm³/mol. The van der Waals surface area contributed by atoms with E-state index in [1.807, 2.05) is 0 Å². The number of aliphatic hydroxyl groups is 1. The number of rotatable bonds is 7. The zero-order chi connectivity index (χ0) is 14.5. The van der Waals surface area contributed by atoms with Crippen molar-refractivity contribution in [3.05, 3.63) is 35.9 Å². The third kappa shape index (κ3) is 4.29. The van der Waals surface area contributed by atoms with Gasteiger partial charge in [-0.05, 0) is 44.2 Å². The first kappa shape index (κ1) is 15.0. The van der Waals surface area contributed by atoms with Crippen molar-refractivity contribution in [2.24, 2.45) is 0 Å². The van der Waals surface area contributed by atoms with E-state index in [-0.39, 0.29) is 0 Å². The Hall–Kier alpha value is -0.900. The van der Waals surface area contributed by atoms with Gasteiger partial charge in [0, 0.05) is 31.3 Å². The Labute approximate surface area is 128 Å². The fourth-order valence-electron chi connectivity index (χ4n) is 3.57. The van der Waals surface area contributed by atoms with E-state index >= 15 is 0 Å². The zero-order valence-electron chi connectivity index (χ0n) is 12.9. The molecule has 116 valence electrons. The molecule has 2 N–H and O–H groups in total. The molecule has 2 aliphatic rings. The van der Waals surface area contributed by atoms with E-state index in [1.165, 1.54) is 44.2 Å². The molecule has 1 saturated heterocycles. The van der Waals surface area contributed by atoms with Crippen LogP contribution in [-0.4, -0.2) is 41.3 Å². The number of nitrogens with zero attached hydrogens (tertiary/aromatic N) is 1. The highest BCUT2D eigenvalue weighted by atomic mass is 16.3. The lowest BCUT2D eigenvalue weighted by molar-refractivity contribution is 0.0941. The van der Waals surface area contributed by atoms with Crippen LogP contribution in [0.2, 0.25) is 0 Å². The molecule has 2 unspecified atom stereocenters. The topological polar surface area (TPSA) is 35.5 Å². The second-order valence-corrected chi connectivity index (χ2v) is 6.58. The van der Waals surface area contributed by atoms with E-state index in [4.69, 9.17) is 0 Å². The highest BCUT2D eigenvalue weighted by Crippen LogP contribution is 2.27. The van der Waals surface area contributed by atoms with E-state index in [0.717, 1.165) is 13.0 Å². The molecule has 1 aromatic rings. The van der Waals surface area contributed by atoms with Gasteiger partial charge < -0.3 is 10.4 Å². The smallest absolute Gasteiger partial charge is 0.0446 e. The van der Waals surface area contributed by atoms with Crippen LogP contribution < -0.4 is 5.32 Å². The molecule has 1 heterocycles. The van der Waals surface area contributed by atoms with Crippen molar-refractivity contribution in [1.82, 2.24) is 10.2 Å². The average molecular weight is 288 g/mol. The summed E-state index contributed by atoms with van der Waals surface area (Å²) in [6.45, 7) is 2.52. The molecule has 2 atom stereocenters. The highest BCUT2D eigenvalue weighted by molar-refractivity contribution is 5.15. The lowest BCUT2D eigenvalue weighted by Crippen LogP contribution is -2.52. The highest BCUT2D eigenvalue weighted by Gasteiger charge is 2.33. The summed E-state index contributed by atoms with van der Waals surface area (Å²) in [7, 11) is 0. The molecule has 0 bridgehead atoms. The van der Waals surface area contributed by atoms with Crippen molar-refractivity contribution in [2.75, 3.05) is 13.2 Å². The van der Waals surface area contributed by atoms with E-state index in [1.54, 1.807) is 0 Å². The van der Waals surface area contributed by atoms with Gasteiger partial charge in [0.1, 0.15) is 0 Å². The third-order valence-electron chi connectivity index (χ3n) is 4.82. The fraction of sp³-hybridized carbons (Fsp3) is 0.667. The molecule has 0 aromatic heterocycles. The summed E-state index contributed by atoms with van der Waals surface area (Å²) in [5.74, 6) is 0. The zero-order valence-corrected chi connectivity index (χ0v) is 12.9. The standard InChI is InChI=1S/C18H28N2O/c21-13-11-17(19-16-9-10-16)18-8-4-5-12-20(18)14-15-6-2-1-3-7-15/h1-3,6-7,16-19,21H,4-5,8-14H2. The van der Waals surface area contributed by atoms with Gasteiger partial charge in [0.2, 0.25) is 0 Å². The summed E-state index contributed by atoms with van der Waals surface area (Å²) >= 11 is 0. The number of benzene rings is 1. The van der Waals surface area contributed by atoms with E-state index in [0.29, 0.717) is 24.7 Å². The van der Waals surface area contributed by atoms with Crippen LogP contribution in [0.1, 0.15) is 44.1 Å². The van der Waals surface area contributed by atoms with Crippen molar-refractivity contribution in [1.29, 1.82) is 0 Å². The second kappa shape index (κ2) is 7.39. The van der Waals surface area contributed by atoms with E-state index in [9.17, 15) is 5.11 Å². The number of likely N-dealkylation sites (tertiary alicyclic amines) is 1. The Morgan fingerprint density at radius 2 is 1.95 bits per heavy atom. The average Bonchev–Trinajstić information content (AvgIpc) is 3.33. The molecule has 0 radical (unpaired) electrons. The Morgan fingerprint density at radius 3 is 2.67 bits per heavy atom. The molecular formula is C18H28N2O. The first-order chi connectivity index (χ1) is 10.4. The minimum atomic E-state index is 0.292. The number of hydrogen-bond acceptors (Lipinski definition) is 3. The lowest BCUT2D eigenvalue weighted by Gasteiger charge is -2.41.